The third kappa shape index (κ3) is 2.45. The van der Waals surface area contributed by atoms with Gasteiger partial charge in [0.25, 0.3) is 0 Å². The Bertz CT molecular complexity index is 586. The van der Waals surface area contributed by atoms with E-state index in [4.69, 9.17) is 5.11 Å². The van der Waals surface area contributed by atoms with Gasteiger partial charge in [0.05, 0.1) is 0 Å². The second-order valence-electron chi connectivity index (χ2n) is 3.41. The van der Waals surface area contributed by atoms with E-state index in [1.54, 1.807) is 6.20 Å². The summed E-state index contributed by atoms with van der Waals surface area (Å²) in [6.45, 7) is 1.99. The van der Waals surface area contributed by atoms with Crippen LogP contribution in [0.4, 0.5) is 0 Å². The Balaban J connectivity index is 2.74. The van der Waals surface area contributed by atoms with Crippen molar-refractivity contribution in [3.8, 4) is 0 Å². The number of aromatic nitrogens is 1. The van der Waals surface area contributed by atoms with Crippen LogP contribution in [0.15, 0.2) is 33.8 Å². The summed E-state index contributed by atoms with van der Waals surface area (Å²) in [5, 5.41) is 11.0. The van der Waals surface area contributed by atoms with Crippen molar-refractivity contribution in [3.05, 3.63) is 34.6 Å². The molecule has 0 radical (unpaired) electrons. The minimum Gasteiger partial charge on any atom is -0.476 e. The molecule has 1 aromatic carbocycles. The summed E-state index contributed by atoms with van der Waals surface area (Å²) in [5.41, 5.74) is 0.131. The van der Waals surface area contributed by atoms with E-state index in [2.05, 4.69) is 20.9 Å². The number of rotatable bonds is 3. The number of fused-ring (bicyclic) bond motifs is 1. The van der Waals surface area contributed by atoms with Crippen LogP contribution in [0.2, 0.25) is 0 Å². The molecule has 0 saturated carbocycles. The predicted octanol–water partition coefficient (Wildman–Crippen LogP) is 3.81. The molecule has 17 heavy (non-hydrogen) atoms. The average molecular weight is 312 g/mol. The van der Waals surface area contributed by atoms with Gasteiger partial charge in [0.1, 0.15) is 0 Å². The minimum atomic E-state index is -0.981. The fourth-order valence-electron chi connectivity index (χ4n) is 1.61. The Morgan fingerprint density at radius 3 is 2.94 bits per heavy atom. The fourth-order valence-corrected chi connectivity index (χ4v) is 2.90. The number of aromatic carboxylic acids is 1. The second kappa shape index (κ2) is 5.06. The van der Waals surface area contributed by atoms with Gasteiger partial charge in [-0.3, -0.25) is 0 Å². The number of carboxylic acid groups (broad SMARTS) is 1. The van der Waals surface area contributed by atoms with E-state index >= 15 is 0 Å². The smallest absolute Gasteiger partial charge is 0.355 e. The molecule has 0 saturated heterocycles. The van der Waals surface area contributed by atoms with Crippen LogP contribution in [0.5, 0.6) is 0 Å². The molecular formula is C12H10BrNO2S. The van der Waals surface area contributed by atoms with E-state index in [0.29, 0.717) is 0 Å². The highest BCUT2D eigenvalue weighted by Gasteiger charge is 2.15. The van der Waals surface area contributed by atoms with Gasteiger partial charge in [-0.15, -0.1) is 11.8 Å². The molecule has 1 N–H and O–H groups in total. The van der Waals surface area contributed by atoms with Gasteiger partial charge in [-0.05, 0) is 23.3 Å². The van der Waals surface area contributed by atoms with E-state index < -0.39 is 5.97 Å². The van der Waals surface area contributed by atoms with E-state index in [9.17, 15) is 4.79 Å². The molecule has 2 aromatic rings. The standard InChI is InChI=1S/C12H10BrNO2S/c1-2-17-11-9-4-3-8(13)5-7(9)6-14-10(11)12(15)16/h3-6H,2H2,1H3,(H,15,16). The van der Waals surface area contributed by atoms with Crippen molar-refractivity contribution in [2.24, 2.45) is 0 Å². The average Bonchev–Trinajstić information content (AvgIpc) is 2.28. The first-order chi connectivity index (χ1) is 8.13. The SMILES string of the molecule is CCSc1c(C(=O)O)ncc2cc(Br)ccc12. The summed E-state index contributed by atoms with van der Waals surface area (Å²) in [4.78, 5) is 15.9. The fraction of sp³-hybridized carbons (Fsp3) is 0.167. The van der Waals surface area contributed by atoms with Gasteiger partial charge in [-0.25, -0.2) is 9.78 Å². The number of thioether (sulfide) groups is 1. The van der Waals surface area contributed by atoms with Crippen LogP contribution < -0.4 is 0 Å². The Hall–Kier alpha value is -1.07. The lowest BCUT2D eigenvalue weighted by molar-refractivity contribution is 0.0687. The molecule has 0 fully saturated rings. The van der Waals surface area contributed by atoms with Crippen LogP contribution in [0.3, 0.4) is 0 Å². The molecule has 2 rings (SSSR count). The summed E-state index contributed by atoms with van der Waals surface area (Å²) in [7, 11) is 0. The zero-order chi connectivity index (χ0) is 12.4. The van der Waals surface area contributed by atoms with Crippen molar-refractivity contribution in [1.82, 2.24) is 4.98 Å². The molecule has 1 aromatic heterocycles. The first-order valence-electron chi connectivity index (χ1n) is 5.08. The van der Waals surface area contributed by atoms with Crippen molar-refractivity contribution in [2.75, 3.05) is 5.75 Å². The Labute approximate surface area is 111 Å². The van der Waals surface area contributed by atoms with Gasteiger partial charge in [0.15, 0.2) is 5.69 Å². The van der Waals surface area contributed by atoms with Crippen LogP contribution >= 0.6 is 27.7 Å². The van der Waals surface area contributed by atoms with Gasteiger partial charge in [0.2, 0.25) is 0 Å². The summed E-state index contributed by atoms with van der Waals surface area (Å²) in [6, 6.07) is 5.77. The number of nitrogens with zero attached hydrogens (tertiary/aromatic N) is 1. The first-order valence-corrected chi connectivity index (χ1v) is 6.85. The normalized spacial score (nSPS) is 10.7. The molecular weight excluding hydrogens is 302 g/mol. The van der Waals surface area contributed by atoms with Crippen molar-refractivity contribution in [1.29, 1.82) is 0 Å². The van der Waals surface area contributed by atoms with Crippen molar-refractivity contribution in [2.45, 2.75) is 11.8 Å². The maximum Gasteiger partial charge on any atom is 0.355 e. The van der Waals surface area contributed by atoms with Crippen LogP contribution in [-0.2, 0) is 0 Å². The van der Waals surface area contributed by atoms with E-state index in [1.165, 1.54) is 11.8 Å². The lowest BCUT2D eigenvalue weighted by atomic mass is 10.1. The number of halogens is 1. The summed E-state index contributed by atoms with van der Waals surface area (Å²) >= 11 is 4.90. The monoisotopic (exact) mass is 311 g/mol. The molecule has 0 spiro atoms. The topological polar surface area (TPSA) is 50.2 Å². The molecule has 1 heterocycles. The van der Waals surface area contributed by atoms with E-state index in [0.717, 1.165) is 25.9 Å². The van der Waals surface area contributed by atoms with Crippen LogP contribution in [0.25, 0.3) is 10.8 Å². The Morgan fingerprint density at radius 1 is 1.53 bits per heavy atom. The molecule has 0 aliphatic heterocycles. The molecule has 5 heteroatoms. The van der Waals surface area contributed by atoms with Gasteiger partial charge in [-0.1, -0.05) is 28.9 Å². The maximum atomic E-state index is 11.1. The largest absolute Gasteiger partial charge is 0.476 e. The Morgan fingerprint density at radius 2 is 2.29 bits per heavy atom. The van der Waals surface area contributed by atoms with Crippen LogP contribution in [-0.4, -0.2) is 21.8 Å². The molecule has 0 aliphatic rings. The number of carbonyl (C=O) groups is 1. The summed E-state index contributed by atoms with van der Waals surface area (Å²) < 4.78 is 0.960. The molecule has 88 valence electrons. The van der Waals surface area contributed by atoms with Gasteiger partial charge in [0, 0.05) is 21.0 Å². The zero-order valence-corrected chi connectivity index (χ0v) is 11.5. The highest BCUT2D eigenvalue weighted by Crippen LogP contribution is 2.31. The van der Waals surface area contributed by atoms with Gasteiger partial charge >= 0.3 is 5.97 Å². The molecule has 0 bridgehead atoms. The quantitative estimate of drug-likeness (QED) is 0.876. The number of benzene rings is 1. The molecule has 0 aliphatic carbocycles. The first kappa shape index (κ1) is 12.4. The summed E-state index contributed by atoms with van der Waals surface area (Å²) in [5.74, 6) is -0.164. The summed E-state index contributed by atoms with van der Waals surface area (Å²) in [6.07, 6.45) is 1.60. The van der Waals surface area contributed by atoms with Gasteiger partial charge in [-0.2, -0.15) is 0 Å². The molecule has 3 nitrogen and oxygen atoms in total. The third-order valence-corrected chi connectivity index (χ3v) is 3.78. The van der Waals surface area contributed by atoms with Crippen LogP contribution in [0.1, 0.15) is 17.4 Å². The van der Waals surface area contributed by atoms with Crippen molar-refractivity contribution < 1.29 is 9.90 Å². The van der Waals surface area contributed by atoms with Crippen molar-refractivity contribution >= 4 is 44.4 Å². The maximum absolute atomic E-state index is 11.1. The lowest BCUT2D eigenvalue weighted by Gasteiger charge is -2.08. The third-order valence-electron chi connectivity index (χ3n) is 2.30. The molecule has 0 atom stereocenters. The lowest BCUT2D eigenvalue weighted by Crippen LogP contribution is -2.03. The minimum absolute atomic E-state index is 0.131. The second-order valence-corrected chi connectivity index (χ2v) is 5.60. The van der Waals surface area contributed by atoms with Crippen molar-refractivity contribution in [3.63, 3.8) is 0 Å². The van der Waals surface area contributed by atoms with Gasteiger partial charge < -0.3 is 5.11 Å². The van der Waals surface area contributed by atoms with E-state index in [1.807, 2.05) is 25.1 Å². The number of carboxylic acids is 1. The number of pyridine rings is 1. The highest BCUT2D eigenvalue weighted by atomic mass is 79.9. The van der Waals surface area contributed by atoms with E-state index in [-0.39, 0.29) is 5.69 Å². The highest BCUT2D eigenvalue weighted by molar-refractivity contribution is 9.10. The van der Waals surface area contributed by atoms with Crippen LogP contribution in [0, 0.1) is 0 Å². The predicted molar refractivity (Wildman–Crippen MR) is 72.8 cm³/mol. The number of hydrogen-bond donors (Lipinski definition) is 1. The molecule has 0 amide bonds. The number of hydrogen-bond acceptors (Lipinski definition) is 3. The molecule has 0 unspecified atom stereocenters. The Kier molecular flexibility index (Phi) is 3.69. The zero-order valence-electron chi connectivity index (χ0n) is 9.11.